The normalized spacial score (nSPS) is 13.1. The van der Waals surface area contributed by atoms with Crippen LogP contribution in [-0.2, 0) is 16.2 Å². The van der Waals surface area contributed by atoms with Gasteiger partial charge in [0.1, 0.15) is 0 Å². The van der Waals surface area contributed by atoms with Gasteiger partial charge in [-0.1, -0.05) is 387 Å². The van der Waals surface area contributed by atoms with E-state index in [1.165, 1.54) is 216 Å². The smallest absolute Gasteiger partial charge is 0.0540 e. The summed E-state index contributed by atoms with van der Waals surface area (Å²) in [6, 6.07) is 185. The fraction of sp³-hybridized carbons (Fsp3) is 0.0647. The fourth-order valence-corrected chi connectivity index (χ4v) is 26.3. The molecule has 22 aromatic carbocycles. The monoisotopic (exact) mass is 1910 g/mol. The van der Waals surface area contributed by atoms with Gasteiger partial charge in [-0.15, -0.1) is 34.0 Å². The fourth-order valence-electron chi connectivity index (χ4n) is 23.1. The molecule has 6 heteroatoms. The van der Waals surface area contributed by atoms with Crippen LogP contribution in [0.25, 0.3) is 171 Å². The molecule has 0 atom stereocenters. The summed E-state index contributed by atoms with van der Waals surface area (Å²) >= 11 is 5.59. The molecule has 0 amide bonds. The molecule has 0 unspecified atom stereocenters. The van der Waals surface area contributed by atoms with Gasteiger partial charge in [0.25, 0.3) is 0 Å². The minimum absolute atomic E-state index is 0.0688. The molecule has 0 fully saturated rings. The van der Waals surface area contributed by atoms with Gasteiger partial charge in [0.15, 0.2) is 0 Å². The lowest BCUT2D eigenvalue weighted by atomic mass is 9.82. The quantitative estimate of drug-likeness (QED) is 0.101. The Bertz CT molecular complexity index is 9300. The number of rotatable bonds is 15. The Morgan fingerprint density at radius 1 is 0.145 bits per heavy atom. The van der Waals surface area contributed by atoms with Gasteiger partial charge in [-0.3, -0.25) is 0 Å². The molecule has 145 heavy (non-hydrogen) atoms. The van der Waals surface area contributed by atoms with Crippen molar-refractivity contribution in [2.45, 2.75) is 57.8 Å². The van der Waals surface area contributed by atoms with Crippen molar-refractivity contribution in [3.63, 3.8) is 0 Å². The van der Waals surface area contributed by atoms with E-state index in [9.17, 15) is 0 Å². The molecule has 3 heterocycles. The molecule has 3 nitrogen and oxygen atoms in total. The second kappa shape index (κ2) is 36.0. The summed E-state index contributed by atoms with van der Waals surface area (Å²) in [6.45, 7) is 14.1. The SMILES string of the molecule is CC1(C)c2ccccc2-c2ccc(N(c3ccc(-c4ccc(-c5ccccc5)cc4)cc3)c3ccc(-c4ccc5sc6ccccc6c5c4)cc3)cc21.CC1(C)c2ccccc2-c2ccc(N(c3ccc(-c4ccc5sc6ccccc6c5c4)cc3)c3cccc4ccccc34)cc21.CC1(C)c2ccccc2-c2ccc(N(c3ccc(-c4ccccc4)cc3)c3ccc(-c4ccc5sc6ccccc6c5c4)cc3)cc21. The van der Waals surface area contributed by atoms with E-state index < -0.39 is 0 Å². The van der Waals surface area contributed by atoms with E-state index in [-0.39, 0.29) is 16.2 Å². The highest BCUT2D eigenvalue weighted by Crippen LogP contribution is 2.56. The summed E-state index contributed by atoms with van der Waals surface area (Å²) in [7, 11) is 0. The number of fused-ring (bicyclic) bond motifs is 19. The lowest BCUT2D eigenvalue weighted by Gasteiger charge is -2.29. The molecule has 3 aliphatic carbocycles. The Hall–Kier alpha value is -16.8. The topological polar surface area (TPSA) is 9.72 Å². The van der Waals surface area contributed by atoms with E-state index in [4.69, 9.17) is 0 Å². The maximum atomic E-state index is 2.43. The second-order valence-electron chi connectivity index (χ2n) is 40.2. The van der Waals surface area contributed by atoms with Crippen molar-refractivity contribution < 1.29 is 0 Å². The van der Waals surface area contributed by atoms with Gasteiger partial charge in [0.05, 0.1) is 5.69 Å². The van der Waals surface area contributed by atoms with E-state index in [0.717, 1.165) is 39.8 Å². The molecule has 0 radical (unpaired) electrons. The van der Waals surface area contributed by atoms with Crippen LogP contribution in [0, 0.1) is 0 Å². The van der Waals surface area contributed by atoms with Crippen LogP contribution in [-0.4, -0.2) is 0 Å². The Kier molecular flexibility index (Phi) is 21.9. The van der Waals surface area contributed by atoms with E-state index in [1.807, 2.05) is 34.0 Å². The molecule has 0 saturated heterocycles. The van der Waals surface area contributed by atoms with Crippen LogP contribution in [0.3, 0.4) is 0 Å². The van der Waals surface area contributed by atoms with E-state index in [2.05, 4.69) is 560 Å². The molecule has 3 aromatic heterocycles. The summed E-state index contributed by atoms with van der Waals surface area (Å²) < 4.78 is 8.01. The lowest BCUT2D eigenvalue weighted by molar-refractivity contribution is 0.660. The zero-order chi connectivity index (χ0) is 97.2. The standard InChI is InChI=1S/C51H37NS.C45H33NS.C43H31NS/c1-51(2)47-14-8-6-12-43(47)44-30-29-42(33-48(44)51)52(40-25-20-37(21-26-40)36-18-16-35(17-19-36)34-10-4-3-5-11-34)41-27-22-38(23-28-41)39-24-31-50-46(32-39)45-13-7-9-15-49(45)53-50;1-45(2)41-14-8-6-12-37(41)38-26-25-36(29-42(38)45)46(34-21-16-31(17-22-34)30-10-4-3-5-11-30)35-23-18-32(19-24-35)33-20-27-44-40(28-33)39-13-7-9-15-43(39)47-44;1-43(2)38-15-7-5-13-34(38)35-24-23-32(27-39(35)43)44(40-16-9-11-29-10-3-4-12-33(29)40)31-21-18-28(19-22-31)30-20-25-42-37(26-30)36-14-6-8-17-41(36)45-42/h3-33H,1-2H3;3-29H,1-2H3;3-27H,1-2H3. The van der Waals surface area contributed by atoms with Gasteiger partial charge in [-0.25, -0.2) is 0 Å². The predicted molar refractivity (Wildman–Crippen MR) is 625 cm³/mol. The minimum atomic E-state index is -0.0856. The molecule has 3 aliphatic rings. The molecule has 0 bridgehead atoms. The largest absolute Gasteiger partial charge is 0.310 e. The van der Waals surface area contributed by atoms with Gasteiger partial charge >= 0.3 is 0 Å². The molecular formula is C139H101N3S3. The molecule has 0 saturated carbocycles. The maximum absolute atomic E-state index is 2.43. The second-order valence-corrected chi connectivity index (χ2v) is 43.4. The highest BCUT2D eigenvalue weighted by Gasteiger charge is 2.40. The number of hydrogen-bond acceptors (Lipinski definition) is 6. The third-order valence-corrected chi connectivity index (χ3v) is 34.1. The van der Waals surface area contributed by atoms with Gasteiger partial charge in [-0.2, -0.15) is 0 Å². The van der Waals surface area contributed by atoms with Crippen molar-refractivity contribution in [3.8, 4) is 100 Å². The zero-order valence-corrected chi connectivity index (χ0v) is 83.9. The highest BCUT2D eigenvalue weighted by molar-refractivity contribution is 7.26. The Morgan fingerprint density at radius 3 is 0.710 bits per heavy atom. The number of benzene rings is 22. The Morgan fingerprint density at radius 2 is 0.372 bits per heavy atom. The molecule has 0 aliphatic heterocycles. The summed E-state index contributed by atoms with van der Waals surface area (Å²) in [4.78, 5) is 7.23. The Balaban J connectivity index is 0.000000111. The van der Waals surface area contributed by atoms with Gasteiger partial charge in [0.2, 0.25) is 0 Å². The first kappa shape index (κ1) is 88.3. The van der Waals surface area contributed by atoms with Crippen LogP contribution in [0.5, 0.6) is 0 Å². The van der Waals surface area contributed by atoms with Gasteiger partial charge in [-0.05, 0) is 297 Å². The summed E-state index contributed by atoms with van der Waals surface area (Å²) in [6.07, 6.45) is 0. The molecular weight excluding hydrogens is 1810 g/mol. The van der Waals surface area contributed by atoms with Crippen LogP contribution in [0.1, 0.15) is 74.9 Å². The van der Waals surface area contributed by atoms with Crippen molar-refractivity contribution in [2.75, 3.05) is 14.7 Å². The van der Waals surface area contributed by atoms with Crippen molar-refractivity contribution >= 4 is 156 Å². The van der Waals surface area contributed by atoms with Gasteiger partial charge in [0, 0.05) is 128 Å². The highest BCUT2D eigenvalue weighted by atomic mass is 32.1. The van der Waals surface area contributed by atoms with E-state index in [1.54, 1.807) is 0 Å². The van der Waals surface area contributed by atoms with Crippen molar-refractivity contribution in [3.05, 3.63) is 537 Å². The summed E-state index contributed by atoms with van der Waals surface area (Å²) in [5, 5.41) is 10.5. The van der Waals surface area contributed by atoms with E-state index in [0.29, 0.717) is 0 Å². The summed E-state index contributed by atoms with van der Waals surface area (Å²) in [5.41, 5.74) is 41.1. The number of thiophene rings is 3. The van der Waals surface area contributed by atoms with Gasteiger partial charge < -0.3 is 14.7 Å². The number of hydrogen-bond donors (Lipinski definition) is 0. The van der Waals surface area contributed by atoms with Crippen LogP contribution in [0.2, 0.25) is 0 Å². The molecule has 0 spiro atoms. The zero-order valence-electron chi connectivity index (χ0n) is 81.5. The Labute approximate surface area is 859 Å². The lowest BCUT2D eigenvalue weighted by Crippen LogP contribution is -2.16. The summed E-state index contributed by atoms with van der Waals surface area (Å²) in [5.74, 6) is 0. The van der Waals surface area contributed by atoms with E-state index >= 15 is 0 Å². The average molecular weight is 1910 g/mol. The maximum Gasteiger partial charge on any atom is 0.0540 e. The molecule has 690 valence electrons. The number of anilines is 9. The third-order valence-electron chi connectivity index (χ3n) is 30.7. The average Bonchev–Trinajstić information content (AvgIpc) is 1.58. The molecule has 0 N–H and O–H groups in total. The van der Waals surface area contributed by atoms with Crippen LogP contribution in [0.4, 0.5) is 51.2 Å². The van der Waals surface area contributed by atoms with Crippen molar-refractivity contribution in [1.29, 1.82) is 0 Å². The first-order valence-electron chi connectivity index (χ1n) is 50.2. The van der Waals surface area contributed by atoms with Crippen molar-refractivity contribution in [2.24, 2.45) is 0 Å². The molecule has 25 aromatic rings. The van der Waals surface area contributed by atoms with Crippen molar-refractivity contribution in [1.82, 2.24) is 0 Å². The van der Waals surface area contributed by atoms with Crippen LogP contribution < -0.4 is 14.7 Å². The van der Waals surface area contributed by atoms with Crippen LogP contribution in [0.15, 0.2) is 504 Å². The first-order valence-corrected chi connectivity index (χ1v) is 52.6. The predicted octanol–water partition coefficient (Wildman–Crippen LogP) is 40.6. The first-order chi connectivity index (χ1) is 71.1. The molecule has 28 rings (SSSR count). The van der Waals surface area contributed by atoms with Crippen LogP contribution >= 0.6 is 34.0 Å². The minimum Gasteiger partial charge on any atom is -0.310 e. The third kappa shape index (κ3) is 15.7. The number of nitrogens with zero attached hydrogens (tertiary/aromatic N) is 3.